The normalized spacial score (nSPS) is 15.9. The largest absolute Gasteiger partial charge is 0.611 e. The molecule has 0 aromatic carbocycles. The Hall–Kier alpha value is -2.59. The molecular weight excluding hydrogens is 415 g/mol. The molecule has 0 amide bonds. The third-order valence-electron chi connectivity index (χ3n) is 5.42. The standard InChI is InChI=1S/C20H18F3N5OS/c1-3-30(29)18-14-7-6-12(11-4-5-11)10-28(14)26-17(18)19-25-13-8-16(20(21,22)23)24-9-15(13)27(19)2/h6-11H,3-5H2,1-2H3. The van der Waals surface area contributed by atoms with Gasteiger partial charge in [-0.1, -0.05) is 6.07 Å². The first-order valence-corrected chi connectivity index (χ1v) is 10.9. The van der Waals surface area contributed by atoms with Gasteiger partial charge in [-0.15, -0.1) is 0 Å². The van der Waals surface area contributed by atoms with E-state index in [0.717, 1.165) is 30.6 Å². The molecule has 4 heterocycles. The molecule has 10 heteroatoms. The minimum atomic E-state index is -4.55. The first kappa shape index (κ1) is 19.4. The fraction of sp³-hybridized carbons (Fsp3) is 0.350. The number of halogens is 3. The average molecular weight is 433 g/mol. The molecule has 0 aliphatic heterocycles. The summed E-state index contributed by atoms with van der Waals surface area (Å²) in [5.41, 5.74) is 1.92. The molecule has 4 aromatic heterocycles. The maximum absolute atomic E-state index is 13.1. The maximum Gasteiger partial charge on any atom is 0.433 e. The molecule has 1 saturated carbocycles. The summed E-state index contributed by atoms with van der Waals surface area (Å²) in [6, 6.07) is 4.87. The lowest BCUT2D eigenvalue weighted by Gasteiger charge is -2.08. The number of nitrogens with zero attached hydrogens (tertiary/aromatic N) is 5. The van der Waals surface area contributed by atoms with Gasteiger partial charge < -0.3 is 9.12 Å². The Labute approximate surface area is 172 Å². The number of fused-ring (bicyclic) bond motifs is 2. The molecule has 0 N–H and O–H groups in total. The van der Waals surface area contributed by atoms with E-state index in [1.165, 1.54) is 5.56 Å². The average Bonchev–Trinajstić information content (AvgIpc) is 3.42. The fourth-order valence-electron chi connectivity index (χ4n) is 3.67. The molecule has 4 aromatic rings. The molecule has 156 valence electrons. The monoisotopic (exact) mass is 433 g/mol. The highest BCUT2D eigenvalue weighted by molar-refractivity contribution is 7.91. The van der Waals surface area contributed by atoms with Crippen LogP contribution in [0.4, 0.5) is 13.2 Å². The Morgan fingerprint density at radius 2 is 2.00 bits per heavy atom. The first-order chi connectivity index (χ1) is 14.3. The molecule has 1 unspecified atom stereocenters. The lowest BCUT2D eigenvalue weighted by molar-refractivity contribution is -0.141. The Kier molecular flexibility index (Phi) is 4.33. The van der Waals surface area contributed by atoms with Crippen molar-refractivity contribution in [3.05, 3.63) is 41.9 Å². The summed E-state index contributed by atoms with van der Waals surface area (Å²) >= 11 is -1.33. The van der Waals surface area contributed by atoms with Gasteiger partial charge in [-0.2, -0.15) is 18.3 Å². The fourth-order valence-corrected chi connectivity index (χ4v) is 4.70. The van der Waals surface area contributed by atoms with Gasteiger partial charge in [-0.3, -0.25) is 0 Å². The van der Waals surface area contributed by atoms with Gasteiger partial charge in [0.15, 0.2) is 11.5 Å². The van der Waals surface area contributed by atoms with E-state index in [9.17, 15) is 17.7 Å². The molecule has 1 fully saturated rings. The van der Waals surface area contributed by atoms with Crippen LogP contribution in [0.3, 0.4) is 0 Å². The van der Waals surface area contributed by atoms with Gasteiger partial charge in [-0.05, 0) is 54.6 Å². The number of alkyl halides is 3. The summed E-state index contributed by atoms with van der Waals surface area (Å²) in [7, 11) is 1.69. The molecule has 1 atom stereocenters. The maximum atomic E-state index is 13.1. The van der Waals surface area contributed by atoms with Crippen molar-refractivity contribution in [1.29, 1.82) is 0 Å². The van der Waals surface area contributed by atoms with Crippen LogP contribution in [-0.4, -0.2) is 34.5 Å². The van der Waals surface area contributed by atoms with Crippen LogP contribution in [0.5, 0.6) is 0 Å². The molecule has 30 heavy (non-hydrogen) atoms. The van der Waals surface area contributed by atoms with Gasteiger partial charge >= 0.3 is 6.18 Å². The third kappa shape index (κ3) is 3.05. The van der Waals surface area contributed by atoms with E-state index in [0.29, 0.717) is 33.6 Å². The topological polar surface area (TPSA) is 71.1 Å². The van der Waals surface area contributed by atoms with Gasteiger partial charge in [0.05, 0.1) is 17.2 Å². The van der Waals surface area contributed by atoms with Crippen molar-refractivity contribution in [2.75, 3.05) is 5.75 Å². The van der Waals surface area contributed by atoms with E-state index in [4.69, 9.17) is 0 Å². The third-order valence-corrected chi connectivity index (χ3v) is 6.80. The summed E-state index contributed by atoms with van der Waals surface area (Å²) < 4.78 is 55.4. The highest BCUT2D eigenvalue weighted by Gasteiger charge is 2.34. The highest BCUT2D eigenvalue weighted by Crippen LogP contribution is 2.41. The van der Waals surface area contributed by atoms with E-state index < -0.39 is 23.0 Å². The number of hydrogen-bond donors (Lipinski definition) is 0. The summed E-state index contributed by atoms with van der Waals surface area (Å²) in [4.78, 5) is 8.48. The predicted molar refractivity (Wildman–Crippen MR) is 107 cm³/mol. The number of hydrogen-bond acceptors (Lipinski definition) is 4. The van der Waals surface area contributed by atoms with E-state index in [2.05, 4.69) is 15.1 Å². The summed E-state index contributed by atoms with van der Waals surface area (Å²) in [6.45, 7) is 1.82. The highest BCUT2D eigenvalue weighted by atomic mass is 32.2. The van der Waals surface area contributed by atoms with Crippen LogP contribution in [0, 0.1) is 0 Å². The zero-order valence-electron chi connectivity index (χ0n) is 16.3. The van der Waals surface area contributed by atoms with Crippen molar-refractivity contribution in [3.63, 3.8) is 0 Å². The second kappa shape index (κ2) is 6.71. The molecule has 0 radical (unpaired) electrons. The molecule has 0 spiro atoms. The van der Waals surface area contributed by atoms with Crippen molar-refractivity contribution in [3.8, 4) is 11.5 Å². The minimum absolute atomic E-state index is 0.166. The SMILES string of the molecule is CC[S+]([O-])c1c(-c2nc3cc(C(F)(F)F)ncc3n2C)nn2cc(C3CC3)ccc12. The Balaban J connectivity index is 1.73. The van der Waals surface area contributed by atoms with Crippen LogP contribution in [-0.2, 0) is 24.4 Å². The number of aromatic nitrogens is 5. The van der Waals surface area contributed by atoms with E-state index in [1.807, 2.05) is 25.3 Å². The van der Waals surface area contributed by atoms with Crippen LogP contribution < -0.4 is 0 Å². The van der Waals surface area contributed by atoms with Crippen molar-refractivity contribution >= 4 is 27.7 Å². The van der Waals surface area contributed by atoms with Crippen molar-refractivity contribution < 1.29 is 17.7 Å². The molecule has 0 bridgehead atoms. The zero-order chi connectivity index (χ0) is 21.2. The van der Waals surface area contributed by atoms with Gasteiger partial charge in [0.25, 0.3) is 0 Å². The number of imidazole rings is 1. The summed E-state index contributed by atoms with van der Waals surface area (Å²) in [5.74, 6) is 1.28. The van der Waals surface area contributed by atoms with Crippen LogP contribution >= 0.6 is 0 Å². The van der Waals surface area contributed by atoms with Crippen LogP contribution in [0.15, 0.2) is 35.5 Å². The quantitative estimate of drug-likeness (QED) is 0.450. The molecular formula is C20H18F3N5OS. The number of rotatable bonds is 4. The van der Waals surface area contributed by atoms with Crippen LogP contribution in [0.2, 0.25) is 0 Å². The smallest absolute Gasteiger partial charge is 0.433 e. The lowest BCUT2D eigenvalue weighted by atomic mass is 10.2. The van der Waals surface area contributed by atoms with E-state index in [1.54, 1.807) is 16.1 Å². The minimum Gasteiger partial charge on any atom is -0.611 e. The number of pyridine rings is 2. The molecule has 0 saturated heterocycles. The summed E-state index contributed by atoms with van der Waals surface area (Å²) in [5, 5.41) is 4.65. The molecule has 6 nitrogen and oxygen atoms in total. The van der Waals surface area contributed by atoms with Gasteiger partial charge in [0.2, 0.25) is 4.90 Å². The molecule has 5 rings (SSSR count). The Bertz CT molecular complexity index is 1280. The van der Waals surface area contributed by atoms with Crippen LogP contribution in [0.25, 0.3) is 28.1 Å². The number of aryl methyl sites for hydroxylation is 1. The van der Waals surface area contributed by atoms with E-state index >= 15 is 0 Å². The molecule has 1 aliphatic carbocycles. The lowest BCUT2D eigenvalue weighted by Crippen LogP contribution is -2.07. The van der Waals surface area contributed by atoms with Gasteiger partial charge in [-0.25, -0.2) is 14.5 Å². The van der Waals surface area contributed by atoms with Crippen molar-refractivity contribution in [2.45, 2.75) is 36.8 Å². The van der Waals surface area contributed by atoms with Crippen molar-refractivity contribution in [2.24, 2.45) is 7.05 Å². The first-order valence-electron chi connectivity index (χ1n) is 9.58. The second-order valence-corrected chi connectivity index (χ2v) is 9.11. The molecule has 1 aliphatic rings. The predicted octanol–water partition coefficient (Wildman–Crippen LogP) is 4.31. The van der Waals surface area contributed by atoms with E-state index in [-0.39, 0.29) is 5.52 Å². The Morgan fingerprint density at radius 3 is 2.67 bits per heavy atom. The van der Waals surface area contributed by atoms with Crippen molar-refractivity contribution in [1.82, 2.24) is 24.1 Å². The zero-order valence-corrected chi connectivity index (χ0v) is 17.1. The van der Waals surface area contributed by atoms with Crippen LogP contribution in [0.1, 0.15) is 36.9 Å². The Morgan fingerprint density at radius 1 is 1.23 bits per heavy atom. The summed E-state index contributed by atoms with van der Waals surface area (Å²) in [6.07, 6.45) is 0.841. The van der Waals surface area contributed by atoms with Gasteiger partial charge in [0, 0.05) is 13.2 Å². The van der Waals surface area contributed by atoms with Gasteiger partial charge in [0.1, 0.15) is 17.0 Å². The second-order valence-electron chi connectivity index (χ2n) is 7.43.